The number of aliphatic hydroxyl groups is 1. The van der Waals surface area contributed by atoms with Gasteiger partial charge >= 0.3 is 0 Å². The van der Waals surface area contributed by atoms with Crippen molar-refractivity contribution in [1.82, 2.24) is 19.9 Å². The summed E-state index contributed by atoms with van der Waals surface area (Å²) in [5.41, 5.74) is 8.36. The van der Waals surface area contributed by atoms with Crippen LogP contribution in [0.25, 0.3) is 22.3 Å². The van der Waals surface area contributed by atoms with Gasteiger partial charge in [-0.15, -0.1) is 0 Å². The minimum absolute atomic E-state index is 0.150. The molecule has 7 heteroatoms. The Labute approximate surface area is 163 Å². The van der Waals surface area contributed by atoms with Crippen molar-refractivity contribution in [2.24, 2.45) is 0 Å². The summed E-state index contributed by atoms with van der Waals surface area (Å²) in [6, 6.07) is 9.16. The first-order valence-electron chi connectivity index (χ1n) is 9.30. The number of amides is 1. The van der Waals surface area contributed by atoms with Gasteiger partial charge in [0.1, 0.15) is 13.2 Å². The van der Waals surface area contributed by atoms with Gasteiger partial charge in [-0.2, -0.15) is 0 Å². The predicted octanol–water partition coefficient (Wildman–Crippen LogP) is 1.53. The number of carbonyl (C=O) groups is 1. The zero-order valence-electron chi connectivity index (χ0n) is 16.5. The van der Waals surface area contributed by atoms with Crippen LogP contribution in [0.2, 0.25) is 0 Å². The lowest BCUT2D eigenvalue weighted by Crippen LogP contribution is -2.37. The Hall–Kier alpha value is -3.50. The number of carbonyl (C=O) groups excluding carboxylic acids is 1. The molecule has 3 N–H and O–H groups in total. The van der Waals surface area contributed by atoms with E-state index in [2.05, 4.69) is 26.8 Å². The summed E-state index contributed by atoms with van der Waals surface area (Å²) in [4.78, 5) is 26.0. The minimum atomic E-state index is -1.64. The molecule has 0 saturated carbocycles. The van der Waals surface area contributed by atoms with Gasteiger partial charge < -0.3 is 15.7 Å². The third-order valence-corrected chi connectivity index (χ3v) is 4.89. The number of hydrogen-bond donors (Lipinski definition) is 2. The van der Waals surface area contributed by atoms with E-state index in [0.717, 1.165) is 11.1 Å². The molecule has 1 atom stereocenters. The predicted molar refractivity (Wildman–Crippen MR) is 106 cm³/mol. The fourth-order valence-corrected chi connectivity index (χ4v) is 3.19. The van der Waals surface area contributed by atoms with E-state index in [1.807, 2.05) is 25.1 Å². The zero-order valence-corrected chi connectivity index (χ0v) is 15.5. The van der Waals surface area contributed by atoms with E-state index < -0.39 is 5.60 Å². The molecule has 1 saturated heterocycles. The van der Waals surface area contributed by atoms with Gasteiger partial charge in [-0.3, -0.25) is 4.79 Å². The summed E-state index contributed by atoms with van der Waals surface area (Å²) in [5, 5.41) is 10.5. The molecule has 28 heavy (non-hydrogen) atoms. The van der Waals surface area contributed by atoms with Crippen molar-refractivity contribution < 1.29 is 11.3 Å². The van der Waals surface area contributed by atoms with E-state index in [0.29, 0.717) is 28.8 Å². The summed E-state index contributed by atoms with van der Waals surface area (Å²) in [7, 11) is 1.65. The second kappa shape index (κ2) is 6.59. The molecule has 3 heterocycles. The number of likely N-dealkylation sites (N-methyl/N-ethyl adjacent to an activating group) is 1. The van der Waals surface area contributed by atoms with E-state index in [1.165, 1.54) is 4.90 Å². The summed E-state index contributed by atoms with van der Waals surface area (Å²) < 4.78 is 7.56. The number of aryl methyl sites for hydroxylation is 1. The van der Waals surface area contributed by atoms with E-state index in [1.54, 1.807) is 19.2 Å². The Morgan fingerprint density at radius 1 is 1.32 bits per heavy atom. The van der Waals surface area contributed by atoms with E-state index >= 15 is 0 Å². The molecular formula is C21H19N5O2. The molecule has 140 valence electrons. The Balaban J connectivity index is 1.74. The summed E-state index contributed by atoms with van der Waals surface area (Å²) in [6.45, 7) is 2.43. The van der Waals surface area contributed by atoms with Crippen LogP contribution in [0.3, 0.4) is 0 Å². The van der Waals surface area contributed by atoms with Crippen LogP contribution in [0, 0.1) is 18.8 Å². The van der Waals surface area contributed by atoms with Gasteiger partial charge in [0.25, 0.3) is 5.91 Å². The van der Waals surface area contributed by atoms with Crippen LogP contribution in [0.1, 0.15) is 18.9 Å². The van der Waals surface area contributed by atoms with Crippen LogP contribution in [-0.4, -0.2) is 50.1 Å². The van der Waals surface area contributed by atoms with Crippen molar-refractivity contribution in [3.63, 3.8) is 0 Å². The number of pyridine rings is 1. The zero-order chi connectivity index (χ0) is 20.8. The molecule has 0 bridgehead atoms. The molecule has 0 spiro atoms. The van der Waals surface area contributed by atoms with E-state index in [4.69, 9.17) is 7.10 Å². The number of fused-ring (bicyclic) bond motifs is 1. The quantitative estimate of drug-likeness (QED) is 0.626. The molecule has 0 aliphatic carbocycles. The van der Waals surface area contributed by atoms with Gasteiger partial charge in [0.2, 0.25) is 5.60 Å². The first-order valence-corrected chi connectivity index (χ1v) is 8.80. The highest BCUT2D eigenvalue weighted by atomic mass is 16.3. The number of anilines is 1. The maximum atomic E-state index is 12.1. The molecular weight excluding hydrogens is 354 g/mol. The number of nitrogen functional groups attached to an aromatic ring is 1. The van der Waals surface area contributed by atoms with Crippen molar-refractivity contribution in [2.75, 3.05) is 19.3 Å². The molecule has 4 rings (SSSR count). The van der Waals surface area contributed by atoms with Crippen molar-refractivity contribution in [2.45, 2.75) is 18.9 Å². The van der Waals surface area contributed by atoms with Gasteiger partial charge in [-0.05, 0) is 36.8 Å². The Bertz CT molecular complexity index is 1220. The molecule has 0 radical (unpaired) electrons. The van der Waals surface area contributed by atoms with Crippen LogP contribution >= 0.6 is 0 Å². The van der Waals surface area contributed by atoms with Gasteiger partial charge in [0.05, 0.1) is 11.2 Å². The SMILES string of the molecule is [2H]c1nc(N)c2nc(-c3cc(C#C[C@]4(O)CCN(C)C4=O)ccc3C)ccc2n1. The third kappa shape index (κ3) is 3.04. The van der Waals surface area contributed by atoms with Crippen molar-refractivity contribution >= 4 is 22.8 Å². The Kier molecular flexibility index (Phi) is 3.92. The first-order chi connectivity index (χ1) is 13.8. The molecule has 1 amide bonds. The maximum absolute atomic E-state index is 12.1. The van der Waals surface area contributed by atoms with Crippen molar-refractivity contribution in [3.8, 4) is 23.1 Å². The van der Waals surface area contributed by atoms with Crippen LogP contribution in [0.5, 0.6) is 0 Å². The number of likely N-dealkylation sites (tertiary alicyclic amines) is 1. The molecule has 1 aliphatic rings. The maximum Gasteiger partial charge on any atom is 0.267 e. The van der Waals surface area contributed by atoms with Crippen LogP contribution in [0.4, 0.5) is 5.82 Å². The Morgan fingerprint density at radius 2 is 2.14 bits per heavy atom. The third-order valence-electron chi connectivity index (χ3n) is 4.89. The lowest BCUT2D eigenvalue weighted by Gasteiger charge is -2.13. The second-order valence-corrected chi connectivity index (χ2v) is 6.89. The lowest BCUT2D eigenvalue weighted by molar-refractivity contribution is -0.137. The molecule has 7 nitrogen and oxygen atoms in total. The monoisotopic (exact) mass is 374 g/mol. The van der Waals surface area contributed by atoms with Crippen LogP contribution in [0.15, 0.2) is 36.6 Å². The average Bonchev–Trinajstić information content (AvgIpc) is 2.95. The smallest absolute Gasteiger partial charge is 0.267 e. The molecule has 2 aromatic heterocycles. The van der Waals surface area contributed by atoms with Gasteiger partial charge in [0.15, 0.2) is 5.82 Å². The molecule has 1 fully saturated rings. The van der Waals surface area contributed by atoms with Gasteiger partial charge in [-0.25, -0.2) is 15.0 Å². The van der Waals surface area contributed by atoms with E-state index in [-0.39, 0.29) is 24.4 Å². The lowest BCUT2D eigenvalue weighted by atomic mass is 9.99. The van der Waals surface area contributed by atoms with Gasteiger partial charge in [0, 0.05) is 31.1 Å². The summed E-state index contributed by atoms with van der Waals surface area (Å²) >= 11 is 0. The fraction of sp³-hybridized carbons (Fsp3) is 0.238. The summed E-state index contributed by atoms with van der Waals surface area (Å²) in [5.74, 6) is 5.43. The number of hydrogen-bond acceptors (Lipinski definition) is 6. The minimum Gasteiger partial charge on any atom is -0.382 e. The normalized spacial score (nSPS) is 19.5. The summed E-state index contributed by atoms with van der Waals surface area (Å²) in [6.07, 6.45) is 0.139. The Morgan fingerprint density at radius 3 is 2.89 bits per heavy atom. The van der Waals surface area contributed by atoms with Gasteiger partial charge in [-0.1, -0.05) is 17.9 Å². The molecule has 1 aromatic carbocycles. The number of nitrogens with two attached hydrogens (primary N) is 1. The van der Waals surface area contributed by atoms with Crippen LogP contribution in [-0.2, 0) is 4.79 Å². The largest absolute Gasteiger partial charge is 0.382 e. The number of rotatable bonds is 1. The van der Waals surface area contributed by atoms with E-state index in [9.17, 15) is 9.90 Å². The average molecular weight is 374 g/mol. The highest BCUT2D eigenvalue weighted by Gasteiger charge is 2.42. The number of nitrogens with zero attached hydrogens (tertiary/aromatic N) is 4. The van der Waals surface area contributed by atoms with Crippen LogP contribution < -0.4 is 5.73 Å². The van der Waals surface area contributed by atoms with Crippen molar-refractivity contribution in [3.05, 3.63) is 47.8 Å². The molecule has 0 unspecified atom stereocenters. The highest BCUT2D eigenvalue weighted by Crippen LogP contribution is 2.26. The number of aromatic nitrogens is 3. The fourth-order valence-electron chi connectivity index (χ4n) is 3.19. The molecule has 3 aromatic rings. The first kappa shape index (κ1) is 16.7. The molecule has 1 aliphatic heterocycles. The van der Waals surface area contributed by atoms with Crippen molar-refractivity contribution in [1.29, 1.82) is 0 Å². The second-order valence-electron chi connectivity index (χ2n) is 6.89. The topological polar surface area (TPSA) is 105 Å². The standard InChI is InChI=1S/C21H19N5O2/c1-13-3-4-14(7-8-21(28)9-10-26(2)20(21)27)11-15(13)16-5-6-17-18(25-16)19(22)24-12-23-17/h3-6,11-12,28H,9-10H2,1-2H3,(H2,22,23,24)/t21-/m0/s1/i12D. The number of benzene rings is 1. The highest BCUT2D eigenvalue weighted by molar-refractivity contribution is 5.90.